The van der Waals surface area contributed by atoms with Gasteiger partial charge in [0.25, 0.3) is 0 Å². The molecule has 0 radical (unpaired) electrons. The van der Waals surface area contributed by atoms with Gasteiger partial charge in [-0.15, -0.1) is 0 Å². The first-order valence-corrected chi connectivity index (χ1v) is 7.68. The Balaban J connectivity index is 3.14. The number of aliphatic carboxylic acids is 1. The zero-order valence-electron chi connectivity index (χ0n) is 12.0. The normalized spacial score (nSPS) is 13.1. The molecule has 0 aromatic heterocycles. The highest BCUT2D eigenvalue weighted by Crippen LogP contribution is 2.21. The van der Waals surface area contributed by atoms with Crippen LogP contribution in [0.15, 0.2) is 17.0 Å². The molecule has 0 aliphatic rings. The molecule has 0 fully saturated rings. The highest BCUT2D eigenvalue weighted by Gasteiger charge is 2.27. The van der Waals surface area contributed by atoms with Gasteiger partial charge in [-0.2, -0.15) is 4.72 Å². The summed E-state index contributed by atoms with van der Waals surface area (Å²) < 4.78 is 44.8. The summed E-state index contributed by atoms with van der Waals surface area (Å²) in [6.45, 7) is 3.01. The Morgan fingerprint density at radius 1 is 1.38 bits per heavy atom. The fraction of sp³-hybridized carbons (Fsp3) is 0.462. The summed E-state index contributed by atoms with van der Waals surface area (Å²) in [7, 11) is -2.68. The molecule has 0 aliphatic heterocycles. The molecule has 8 heteroatoms. The van der Waals surface area contributed by atoms with Crippen LogP contribution in [0, 0.1) is 19.7 Å². The number of carbonyl (C=O) groups is 1. The van der Waals surface area contributed by atoms with Crippen LogP contribution in [0.25, 0.3) is 0 Å². The molecule has 118 valence electrons. The number of ether oxygens (including phenoxy) is 1. The Labute approximate surface area is 123 Å². The molecule has 1 unspecified atom stereocenters. The molecule has 2 N–H and O–H groups in total. The maximum Gasteiger partial charge on any atom is 0.321 e. The predicted molar refractivity (Wildman–Crippen MR) is 74.1 cm³/mol. The molecule has 0 amide bonds. The quantitative estimate of drug-likeness (QED) is 0.788. The Kier molecular flexibility index (Phi) is 5.82. The molecule has 0 saturated carbocycles. The van der Waals surface area contributed by atoms with E-state index in [0.717, 1.165) is 12.1 Å². The summed E-state index contributed by atoms with van der Waals surface area (Å²) in [4.78, 5) is 11.0. The van der Waals surface area contributed by atoms with E-state index in [1.54, 1.807) is 0 Å². The molecule has 21 heavy (non-hydrogen) atoms. The van der Waals surface area contributed by atoms with Crippen molar-refractivity contribution in [2.75, 3.05) is 13.7 Å². The fourth-order valence-electron chi connectivity index (χ4n) is 2.04. The number of hydrogen-bond donors (Lipinski definition) is 2. The van der Waals surface area contributed by atoms with Gasteiger partial charge in [-0.05, 0) is 43.5 Å². The van der Waals surface area contributed by atoms with Gasteiger partial charge in [-0.1, -0.05) is 0 Å². The molecule has 1 aromatic carbocycles. The van der Waals surface area contributed by atoms with Crippen LogP contribution in [-0.2, 0) is 19.6 Å². The van der Waals surface area contributed by atoms with Crippen molar-refractivity contribution in [1.29, 1.82) is 0 Å². The van der Waals surface area contributed by atoms with Gasteiger partial charge < -0.3 is 9.84 Å². The number of hydrogen-bond acceptors (Lipinski definition) is 4. The van der Waals surface area contributed by atoms with Crippen LogP contribution in [-0.4, -0.2) is 39.3 Å². The van der Waals surface area contributed by atoms with Gasteiger partial charge in [-0.25, -0.2) is 12.8 Å². The number of sulfonamides is 1. The third kappa shape index (κ3) is 4.48. The monoisotopic (exact) mass is 319 g/mol. The third-order valence-electron chi connectivity index (χ3n) is 2.90. The van der Waals surface area contributed by atoms with Crippen molar-refractivity contribution >= 4 is 16.0 Å². The third-order valence-corrected chi connectivity index (χ3v) is 4.68. The second-order valence-corrected chi connectivity index (χ2v) is 6.31. The minimum atomic E-state index is -4.07. The zero-order chi connectivity index (χ0) is 16.2. The van der Waals surface area contributed by atoms with Gasteiger partial charge in [0.05, 0.1) is 4.90 Å². The lowest BCUT2D eigenvalue weighted by molar-refractivity contribution is -0.139. The number of aryl methyl sites for hydroxylation is 2. The molecule has 0 spiro atoms. The summed E-state index contributed by atoms with van der Waals surface area (Å²) in [5.41, 5.74) is 0.437. The summed E-state index contributed by atoms with van der Waals surface area (Å²) in [5.74, 6) is -1.84. The molecular weight excluding hydrogens is 301 g/mol. The van der Waals surface area contributed by atoms with E-state index in [2.05, 4.69) is 4.72 Å². The van der Waals surface area contributed by atoms with Gasteiger partial charge in [0.1, 0.15) is 11.9 Å². The zero-order valence-corrected chi connectivity index (χ0v) is 12.8. The maximum absolute atomic E-state index is 13.2. The second kappa shape index (κ2) is 6.97. The summed E-state index contributed by atoms with van der Waals surface area (Å²) in [5, 5.41) is 9.05. The lowest BCUT2D eigenvalue weighted by Crippen LogP contribution is -2.41. The average molecular weight is 319 g/mol. The van der Waals surface area contributed by atoms with Gasteiger partial charge in [0.15, 0.2) is 0 Å². The van der Waals surface area contributed by atoms with Gasteiger partial charge in [-0.3, -0.25) is 4.79 Å². The first-order chi connectivity index (χ1) is 9.69. The highest BCUT2D eigenvalue weighted by atomic mass is 32.2. The van der Waals surface area contributed by atoms with Gasteiger partial charge in [0.2, 0.25) is 10.0 Å². The van der Waals surface area contributed by atoms with Crippen molar-refractivity contribution in [2.45, 2.75) is 31.2 Å². The first-order valence-electron chi connectivity index (χ1n) is 6.20. The van der Waals surface area contributed by atoms with Crippen LogP contribution in [0.1, 0.15) is 17.5 Å². The average Bonchev–Trinajstić information content (AvgIpc) is 2.32. The molecule has 0 bridgehead atoms. The SMILES string of the molecule is COCCC(NS(=O)(=O)c1c(C)cc(F)cc1C)C(=O)O. The number of halogens is 1. The lowest BCUT2D eigenvalue weighted by Gasteiger charge is -2.17. The maximum atomic E-state index is 13.2. The first kappa shape index (κ1) is 17.5. The molecule has 1 atom stereocenters. The lowest BCUT2D eigenvalue weighted by atomic mass is 10.1. The van der Waals surface area contributed by atoms with E-state index in [4.69, 9.17) is 9.84 Å². The number of rotatable bonds is 7. The number of benzene rings is 1. The molecule has 1 aromatic rings. The van der Waals surface area contributed by atoms with Crippen LogP contribution in [0.3, 0.4) is 0 Å². The fourth-order valence-corrected chi connectivity index (χ4v) is 3.71. The van der Waals surface area contributed by atoms with Crippen LogP contribution >= 0.6 is 0 Å². The Morgan fingerprint density at radius 2 is 1.90 bits per heavy atom. The topological polar surface area (TPSA) is 92.7 Å². The molecule has 0 saturated heterocycles. The number of carboxylic acid groups (broad SMARTS) is 1. The summed E-state index contributed by atoms with van der Waals surface area (Å²) >= 11 is 0. The van der Waals surface area contributed by atoms with E-state index in [1.165, 1.54) is 21.0 Å². The van der Waals surface area contributed by atoms with Crippen LogP contribution in [0.4, 0.5) is 4.39 Å². The van der Waals surface area contributed by atoms with E-state index in [1.807, 2.05) is 0 Å². The van der Waals surface area contributed by atoms with E-state index in [-0.39, 0.29) is 29.1 Å². The molecular formula is C13H18FNO5S. The largest absolute Gasteiger partial charge is 0.480 e. The van der Waals surface area contributed by atoms with Crippen molar-refractivity contribution in [3.05, 3.63) is 29.1 Å². The van der Waals surface area contributed by atoms with Gasteiger partial charge in [0, 0.05) is 13.7 Å². The number of nitrogens with one attached hydrogen (secondary N) is 1. The minimum Gasteiger partial charge on any atom is -0.480 e. The molecule has 0 heterocycles. The predicted octanol–water partition coefficient (Wildman–Crippen LogP) is 1.21. The number of carboxylic acids is 1. The smallest absolute Gasteiger partial charge is 0.321 e. The van der Waals surface area contributed by atoms with Crippen LogP contribution in [0.2, 0.25) is 0 Å². The summed E-state index contributed by atoms with van der Waals surface area (Å²) in [6, 6.07) is 0.873. The Hall–Kier alpha value is -1.51. The highest BCUT2D eigenvalue weighted by molar-refractivity contribution is 7.89. The molecule has 1 rings (SSSR count). The Morgan fingerprint density at radius 3 is 2.33 bits per heavy atom. The van der Waals surface area contributed by atoms with Gasteiger partial charge >= 0.3 is 5.97 Å². The van der Waals surface area contributed by atoms with E-state index in [9.17, 15) is 17.6 Å². The number of methoxy groups -OCH3 is 1. The van der Waals surface area contributed by atoms with Crippen LogP contribution < -0.4 is 4.72 Å². The van der Waals surface area contributed by atoms with Crippen molar-refractivity contribution < 1.29 is 27.4 Å². The van der Waals surface area contributed by atoms with Crippen LogP contribution in [0.5, 0.6) is 0 Å². The van der Waals surface area contributed by atoms with Crippen molar-refractivity contribution in [3.63, 3.8) is 0 Å². The van der Waals surface area contributed by atoms with Crippen molar-refractivity contribution in [3.8, 4) is 0 Å². The minimum absolute atomic E-state index is 0.00957. The van der Waals surface area contributed by atoms with Crippen molar-refractivity contribution in [1.82, 2.24) is 4.72 Å². The standard InChI is InChI=1S/C13H18FNO5S/c1-8-6-10(14)7-9(2)12(8)21(18,19)15-11(13(16)17)4-5-20-3/h6-7,11,15H,4-5H2,1-3H3,(H,16,17). The Bertz CT molecular complexity index is 606. The molecule has 6 nitrogen and oxygen atoms in total. The van der Waals surface area contributed by atoms with E-state index >= 15 is 0 Å². The summed E-state index contributed by atoms with van der Waals surface area (Å²) in [6.07, 6.45) is -0.00957. The van der Waals surface area contributed by atoms with E-state index in [0.29, 0.717) is 0 Å². The van der Waals surface area contributed by atoms with E-state index < -0.39 is 27.9 Å². The second-order valence-electron chi connectivity index (χ2n) is 4.66. The molecule has 0 aliphatic carbocycles. The van der Waals surface area contributed by atoms with Crippen molar-refractivity contribution in [2.24, 2.45) is 0 Å².